The van der Waals surface area contributed by atoms with Crippen molar-refractivity contribution in [3.05, 3.63) is 28.8 Å². The van der Waals surface area contributed by atoms with Crippen LogP contribution in [-0.2, 0) is 9.53 Å². The van der Waals surface area contributed by atoms with Gasteiger partial charge in [0.2, 0.25) is 0 Å². The van der Waals surface area contributed by atoms with Gasteiger partial charge in [0.05, 0.1) is 6.61 Å². The lowest BCUT2D eigenvalue weighted by molar-refractivity contribution is -0.124. The molecule has 128 valence electrons. The zero-order chi connectivity index (χ0) is 16.7. The van der Waals surface area contributed by atoms with Crippen LogP contribution in [0.15, 0.2) is 18.2 Å². The minimum absolute atomic E-state index is 0.00237. The van der Waals surface area contributed by atoms with Gasteiger partial charge in [-0.1, -0.05) is 11.6 Å². The van der Waals surface area contributed by atoms with Gasteiger partial charge in [0, 0.05) is 24.1 Å². The summed E-state index contributed by atoms with van der Waals surface area (Å²) in [5, 5.41) is 7.00. The van der Waals surface area contributed by atoms with E-state index in [0.29, 0.717) is 23.9 Å². The Labute approximate surface area is 142 Å². The number of carbonyl (C=O) groups is 1. The molecule has 0 atom stereocenters. The summed E-state index contributed by atoms with van der Waals surface area (Å²) in [7, 11) is 1.71. The number of piperidine rings is 1. The molecule has 0 unspecified atom stereocenters. The zero-order valence-electron chi connectivity index (χ0n) is 13.8. The number of amides is 1. The Balaban J connectivity index is 1.80. The first-order chi connectivity index (χ1) is 11.0. The first kappa shape index (κ1) is 18.0. The second-order valence-electron chi connectivity index (χ2n) is 6.16. The number of rotatable bonds is 7. The summed E-state index contributed by atoms with van der Waals surface area (Å²) >= 11 is 5.97. The highest BCUT2D eigenvalue weighted by Gasteiger charge is 2.32. The third kappa shape index (κ3) is 5.37. The van der Waals surface area contributed by atoms with Crippen molar-refractivity contribution >= 4 is 17.5 Å². The van der Waals surface area contributed by atoms with Crippen molar-refractivity contribution < 1.29 is 14.3 Å². The van der Waals surface area contributed by atoms with Gasteiger partial charge in [-0.05, 0) is 56.6 Å². The molecule has 1 amide bonds. The largest absolute Gasteiger partial charge is 0.484 e. The first-order valence-electron chi connectivity index (χ1n) is 7.90. The molecule has 0 aliphatic carbocycles. The molecule has 0 radical (unpaired) electrons. The molecule has 1 aliphatic heterocycles. The fraction of sp³-hybridized carbons (Fsp3) is 0.588. The highest BCUT2D eigenvalue weighted by molar-refractivity contribution is 6.31. The van der Waals surface area contributed by atoms with Crippen molar-refractivity contribution in [1.29, 1.82) is 0 Å². The van der Waals surface area contributed by atoms with Crippen LogP contribution in [0.2, 0.25) is 5.02 Å². The van der Waals surface area contributed by atoms with E-state index in [4.69, 9.17) is 21.1 Å². The molecule has 1 aliphatic rings. The molecular weight excluding hydrogens is 316 g/mol. The lowest BCUT2D eigenvalue weighted by Gasteiger charge is -2.37. The van der Waals surface area contributed by atoms with Gasteiger partial charge in [-0.25, -0.2) is 0 Å². The molecule has 0 bridgehead atoms. The molecule has 6 heteroatoms. The number of hydrogen-bond donors (Lipinski definition) is 2. The van der Waals surface area contributed by atoms with Gasteiger partial charge in [-0.2, -0.15) is 0 Å². The monoisotopic (exact) mass is 340 g/mol. The van der Waals surface area contributed by atoms with Crippen molar-refractivity contribution in [2.45, 2.75) is 19.8 Å². The van der Waals surface area contributed by atoms with Gasteiger partial charge in [0.1, 0.15) is 5.75 Å². The third-order valence-corrected chi connectivity index (χ3v) is 4.70. The van der Waals surface area contributed by atoms with E-state index in [0.717, 1.165) is 31.5 Å². The Morgan fingerprint density at radius 2 is 2.13 bits per heavy atom. The van der Waals surface area contributed by atoms with Gasteiger partial charge < -0.3 is 20.1 Å². The van der Waals surface area contributed by atoms with E-state index in [1.165, 1.54) is 0 Å². The Morgan fingerprint density at radius 1 is 1.39 bits per heavy atom. The normalized spacial score (nSPS) is 16.8. The number of hydrogen-bond acceptors (Lipinski definition) is 4. The van der Waals surface area contributed by atoms with Crippen molar-refractivity contribution in [3.8, 4) is 5.75 Å². The fourth-order valence-corrected chi connectivity index (χ4v) is 2.95. The average molecular weight is 341 g/mol. The Morgan fingerprint density at radius 3 is 2.78 bits per heavy atom. The average Bonchev–Trinajstić information content (AvgIpc) is 2.55. The van der Waals surface area contributed by atoms with Crippen LogP contribution in [0.5, 0.6) is 5.75 Å². The molecule has 1 saturated heterocycles. The fourth-order valence-electron chi connectivity index (χ4n) is 2.83. The summed E-state index contributed by atoms with van der Waals surface area (Å²) in [6.45, 7) is 5.10. The van der Waals surface area contributed by atoms with E-state index in [2.05, 4.69) is 10.6 Å². The summed E-state index contributed by atoms with van der Waals surface area (Å²) < 4.78 is 10.9. The van der Waals surface area contributed by atoms with Gasteiger partial charge in [0.25, 0.3) is 5.91 Å². The number of aryl methyl sites for hydroxylation is 1. The van der Waals surface area contributed by atoms with Crippen LogP contribution >= 0.6 is 11.6 Å². The molecular formula is C17H25ClN2O3. The standard InChI is InChI=1S/C17H25ClN2O3/c1-13-9-14(3-4-15(13)18)23-10-16(21)20-11-17(12-22-2)5-7-19-8-6-17/h3-4,9,19H,5-8,10-12H2,1-2H3,(H,20,21). The maximum absolute atomic E-state index is 12.0. The van der Waals surface area contributed by atoms with Crippen molar-refractivity contribution in [2.24, 2.45) is 5.41 Å². The Hall–Kier alpha value is -1.30. The SMILES string of the molecule is COCC1(CNC(=O)COc2ccc(Cl)c(C)c2)CCNCC1. The van der Waals surface area contributed by atoms with Crippen molar-refractivity contribution in [1.82, 2.24) is 10.6 Å². The molecule has 1 heterocycles. The van der Waals surface area contributed by atoms with Crippen molar-refractivity contribution in [3.63, 3.8) is 0 Å². The van der Waals surface area contributed by atoms with Gasteiger partial charge in [-0.3, -0.25) is 4.79 Å². The van der Waals surface area contributed by atoms with Crippen LogP contribution in [0, 0.1) is 12.3 Å². The molecule has 2 N–H and O–H groups in total. The van der Waals surface area contributed by atoms with Crippen LogP contribution in [0.4, 0.5) is 0 Å². The van der Waals surface area contributed by atoms with E-state index in [1.54, 1.807) is 19.2 Å². The summed E-state index contributed by atoms with van der Waals surface area (Å²) in [6.07, 6.45) is 2.00. The van der Waals surface area contributed by atoms with E-state index in [9.17, 15) is 4.79 Å². The van der Waals surface area contributed by atoms with E-state index < -0.39 is 0 Å². The van der Waals surface area contributed by atoms with Gasteiger partial charge >= 0.3 is 0 Å². The number of methoxy groups -OCH3 is 1. The molecule has 1 fully saturated rings. The molecule has 1 aromatic carbocycles. The van der Waals surface area contributed by atoms with Crippen LogP contribution < -0.4 is 15.4 Å². The Bertz CT molecular complexity index is 525. The highest BCUT2D eigenvalue weighted by atomic mass is 35.5. The van der Waals surface area contributed by atoms with Crippen LogP contribution in [0.1, 0.15) is 18.4 Å². The smallest absolute Gasteiger partial charge is 0.257 e. The molecule has 0 saturated carbocycles. The molecule has 2 rings (SSSR count). The predicted octanol–water partition coefficient (Wildman–Crippen LogP) is 2.16. The number of halogens is 1. The number of carbonyl (C=O) groups excluding carboxylic acids is 1. The summed E-state index contributed by atoms with van der Waals surface area (Å²) in [5.74, 6) is 0.530. The zero-order valence-corrected chi connectivity index (χ0v) is 14.5. The first-order valence-corrected chi connectivity index (χ1v) is 8.28. The number of ether oxygens (including phenoxy) is 2. The number of nitrogens with one attached hydrogen (secondary N) is 2. The number of benzene rings is 1. The van der Waals surface area contributed by atoms with E-state index >= 15 is 0 Å². The van der Waals surface area contributed by atoms with Gasteiger partial charge in [0.15, 0.2) is 6.61 Å². The second-order valence-corrected chi connectivity index (χ2v) is 6.57. The minimum Gasteiger partial charge on any atom is -0.484 e. The van der Waals surface area contributed by atoms with Crippen molar-refractivity contribution in [2.75, 3.05) is 40.0 Å². The molecule has 0 aromatic heterocycles. The van der Waals surface area contributed by atoms with Crippen LogP contribution in [0.3, 0.4) is 0 Å². The maximum Gasteiger partial charge on any atom is 0.257 e. The highest BCUT2D eigenvalue weighted by Crippen LogP contribution is 2.28. The summed E-state index contributed by atoms with van der Waals surface area (Å²) in [4.78, 5) is 12.0. The van der Waals surface area contributed by atoms with Crippen LogP contribution in [0.25, 0.3) is 0 Å². The molecule has 5 nitrogen and oxygen atoms in total. The molecule has 1 aromatic rings. The molecule has 23 heavy (non-hydrogen) atoms. The lowest BCUT2D eigenvalue weighted by Crippen LogP contribution is -2.47. The van der Waals surface area contributed by atoms with Crippen LogP contribution in [-0.4, -0.2) is 45.9 Å². The minimum atomic E-state index is -0.119. The quantitative estimate of drug-likeness (QED) is 0.798. The van der Waals surface area contributed by atoms with E-state index in [1.807, 2.05) is 13.0 Å². The topological polar surface area (TPSA) is 59.6 Å². The third-order valence-electron chi connectivity index (χ3n) is 4.27. The molecule has 0 spiro atoms. The maximum atomic E-state index is 12.0. The van der Waals surface area contributed by atoms with E-state index in [-0.39, 0.29) is 17.9 Å². The van der Waals surface area contributed by atoms with Gasteiger partial charge in [-0.15, -0.1) is 0 Å². The predicted molar refractivity (Wildman–Crippen MR) is 91.1 cm³/mol. The summed E-state index contributed by atoms with van der Waals surface area (Å²) in [5.41, 5.74) is 0.949. The second kappa shape index (κ2) is 8.52. The Kier molecular flexibility index (Phi) is 6.69. The summed E-state index contributed by atoms with van der Waals surface area (Å²) in [6, 6.07) is 5.36. The lowest BCUT2D eigenvalue weighted by atomic mass is 9.79.